The van der Waals surface area contributed by atoms with Crippen molar-refractivity contribution in [2.75, 3.05) is 14.2 Å². The highest BCUT2D eigenvalue weighted by Gasteiger charge is 2.08. The Hall–Kier alpha value is -1.75. The van der Waals surface area contributed by atoms with Gasteiger partial charge in [-0.15, -0.1) is 11.3 Å². The van der Waals surface area contributed by atoms with Gasteiger partial charge in [-0.25, -0.2) is 0 Å². The summed E-state index contributed by atoms with van der Waals surface area (Å²) in [6, 6.07) is 5.74. The summed E-state index contributed by atoms with van der Waals surface area (Å²) in [5, 5.41) is 12.5. The van der Waals surface area contributed by atoms with Crippen LogP contribution in [0.5, 0.6) is 11.5 Å². The molecule has 1 aromatic heterocycles. The Balaban J connectivity index is 2.59. The van der Waals surface area contributed by atoms with Gasteiger partial charge in [0, 0.05) is 15.6 Å². The predicted molar refractivity (Wildman–Crippen MR) is 64.3 cm³/mol. The van der Waals surface area contributed by atoms with Crippen LogP contribution in [0.2, 0.25) is 0 Å². The van der Waals surface area contributed by atoms with E-state index in [1.807, 2.05) is 18.2 Å². The molecule has 0 fully saturated rings. The van der Waals surface area contributed by atoms with Crippen molar-refractivity contribution in [1.82, 2.24) is 0 Å². The first-order valence-corrected chi connectivity index (χ1v) is 5.43. The molecule has 16 heavy (non-hydrogen) atoms. The van der Waals surface area contributed by atoms with Crippen LogP contribution in [0.4, 0.5) is 0 Å². The lowest BCUT2D eigenvalue weighted by Gasteiger charge is -2.06. The highest BCUT2D eigenvalue weighted by Crippen LogP contribution is 2.35. The van der Waals surface area contributed by atoms with E-state index in [0.717, 1.165) is 15.0 Å². The van der Waals surface area contributed by atoms with Crippen molar-refractivity contribution in [2.45, 2.75) is 0 Å². The predicted octanol–water partition coefficient (Wildman–Crippen LogP) is 2.73. The highest BCUT2D eigenvalue weighted by molar-refractivity contribution is 7.20. The van der Waals surface area contributed by atoms with Gasteiger partial charge >= 0.3 is 0 Å². The molecule has 2 aromatic rings. The Morgan fingerprint density at radius 1 is 1.19 bits per heavy atom. The average Bonchev–Trinajstić information content (AvgIpc) is 2.68. The largest absolute Gasteiger partial charge is 0.493 e. The van der Waals surface area contributed by atoms with Crippen LogP contribution in [0.15, 0.2) is 23.4 Å². The summed E-state index contributed by atoms with van der Waals surface area (Å²) in [4.78, 5) is 0.882. The van der Waals surface area contributed by atoms with Gasteiger partial charge in [-0.2, -0.15) is 0 Å². The molecule has 0 atom stereocenters. The average molecular weight is 237 g/mol. The number of nitrogens with zero attached hydrogens (tertiary/aromatic N) is 1. The fourth-order valence-electron chi connectivity index (χ4n) is 1.51. The maximum absolute atomic E-state index is 8.47. The Labute approximate surface area is 96.7 Å². The zero-order valence-corrected chi connectivity index (χ0v) is 9.75. The molecule has 0 bridgehead atoms. The van der Waals surface area contributed by atoms with Crippen LogP contribution in [0.1, 0.15) is 4.88 Å². The van der Waals surface area contributed by atoms with Gasteiger partial charge in [0.1, 0.15) is 0 Å². The second-order valence-corrected chi connectivity index (χ2v) is 4.25. The molecule has 0 unspecified atom stereocenters. The molecule has 0 aliphatic rings. The number of fused-ring (bicyclic) bond motifs is 1. The Morgan fingerprint density at radius 3 is 2.50 bits per heavy atom. The molecule has 1 heterocycles. The maximum atomic E-state index is 8.47. The third-order valence-corrected chi connectivity index (χ3v) is 3.26. The van der Waals surface area contributed by atoms with Crippen molar-refractivity contribution < 1.29 is 14.7 Å². The van der Waals surface area contributed by atoms with Crippen LogP contribution in [0.25, 0.3) is 10.1 Å². The van der Waals surface area contributed by atoms with E-state index in [2.05, 4.69) is 5.16 Å². The Bertz CT molecular complexity index is 492. The normalized spacial score (nSPS) is 11.1. The molecule has 0 radical (unpaired) electrons. The van der Waals surface area contributed by atoms with Crippen LogP contribution < -0.4 is 9.47 Å². The molecular weight excluding hydrogens is 226 g/mol. The van der Waals surface area contributed by atoms with Gasteiger partial charge in [0.05, 0.1) is 20.4 Å². The zero-order valence-electron chi connectivity index (χ0n) is 8.93. The van der Waals surface area contributed by atoms with Gasteiger partial charge in [0.15, 0.2) is 11.5 Å². The lowest BCUT2D eigenvalue weighted by molar-refractivity contribution is 0.322. The first-order chi connectivity index (χ1) is 7.78. The summed E-state index contributed by atoms with van der Waals surface area (Å²) in [5.74, 6) is 1.39. The Morgan fingerprint density at radius 2 is 1.88 bits per heavy atom. The number of methoxy groups -OCH3 is 2. The second kappa shape index (κ2) is 4.40. The lowest BCUT2D eigenvalue weighted by atomic mass is 10.2. The topological polar surface area (TPSA) is 51.0 Å². The van der Waals surface area contributed by atoms with Gasteiger partial charge in [-0.05, 0) is 17.5 Å². The molecule has 84 valence electrons. The SMILES string of the molecule is COc1cc2cc(/C=N/O)sc2cc1OC. The molecule has 0 spiro atoms. The summed E-state index contributed by atoms with van der Waals surface area (Å²) >= 11 is 1.53. The van der Waals surface area contributed by atoms with E-state index < -0.39 is 0 Å². The van der Waals surface area contributed by atoms with Crippen molar-refractivity contribution in [3.05, 3.63) is 23.1 Å². The summed E-state index contributed by atoms with van der Waals surface area (Å²) < 4.78 is 11.5. The highest BCUT2D eigenvalue weighted by atomic mass is 32.1. The quantitative estimate of drug-likeness (QED) is 0.507. The molecule has 0 saturated carbocycles. The molecular formula is C11H11NO3S. The van der Waals surface area contributed by atoms with Crippen LogP contribution in [-0.2, 0) is 0 Å². The fourth-order valence-corrected chi connectivity index (χ4v) is 2.45. The van der Waals surface area contributed by atoms with E-state index in [1.165, 1.54) is 17.6 Å². The van der Waals surface area contributed by atoms with E-state index in [4.69, 9.17) is 14.7 Å². The number of oxime groups is 1. The molecule has 5 heteroatoms. The van der Waals surface area contributed by atoms with Crippen LogP contribution in [-0.4, -0.2) is 25.6 Å². The van der Waals surface area contributed by atoms with Crippen molar-refractivity contribution in [2.24, 2.45) is 5.16 Å². The monoisotopic (exact) mass is 237 g/mol. The third-order valence-electron chi connectivity index (χ3n) is 2.23. The smallest absolute Gasteiger partial charge is 0.162 e. The molecule has 1 aromatic carbocycles. The van der Waals surface area contributed by atoms with Gasteiger partial charge in [0.25, 0.3) is 0 Å². The number of benzene rings is 1. The minimum atomic E-state index is 0.695. The van der Waals surface area contributed by atoms with E-state index in [0.29, 0.717) is 11.5 Å². The minimum Gasteiger partial charge on any atom is -0.493 e. The lowest BCUT2D eigenvalue weighted by Crippen LogP contribution is -1.89. The van der Waals surface area contributed by atoms with E-state index in [-0.39, 0.29) is 0 Å². The molecule has 1 N–H and O–H groups in total. The van der Waals surface area contributed by atoms with Crippen molar-refractivity contribution in [3.8, 4) is 11.5 Å². The molecule has 2 rings (SSSR count). The Kier molecular flexibility index (Phi) is 2.96. The molecule has 0 saturated heterocycles. The minimum absolute atomic E-state index is 0.695. The summed E-state index contributed by atoms with van der Waals surface area (Å²) in [6.45, 7) is 0. The van der Waals surface area contributed by atoms with E-state index in [1.54, 1.807) is 14.2 Å². The molecule has 0 aliphatic heterocycles. The third kappa shape index (κ3) is 1.81. The van der Waals surface area contributed by atoms with Crippen LogP contribution in [0, 0.1) is 0 Å². The van der Waals surface area contributed by atoms with Crippen molar-refractivity contribution in [1.29, 1.82) is 0 Å². The van der Waals surface area contributed by atoms with Gasteiger partial charge in [-0.1, -0.05) is 5.16 Å². The second-order valence-electron chi connectivity index (χ2n) is 3.14. The number of rotatable bonds is 3. The number of hydrogen-bond donors (Lipinski definition) is 1. The first kappa shape index (κ1) is 10.8. The molecule has 4 nitrogen and oxygen atoms in total. The summed E-state index contributed by atoms with van der Waals surface area (Å²) in [6.07, 6.45) is 1.41. The van der Waals surface area contributed by atoms with E-state index in [9.17, 15) is 0 Å². The first-order valence-electron chi connectivity index (χ1n) is 4.61. The standard InChI is InChI=1S/C11H11NO3S/c1-14-9-4-7-3-8(6-12-13)16-11(7)5-10(9)15-2/h3-6,13H,1-2H3/b12-6+. The molecule has 0 aliphatic carbocycles. The molecule has 0 amide bonds. The zero-order chi connectivity index (χ0) is 11.5. The van der Waals surface area contributed by atoms with E-state index >= 15 is 0 Å². The van der Waals surface area contributed by atoms with Crippen molar-refractivity contribution >= 4 is 27.6 Å². The summed E-state index contributed by atoms with van der Waals surface area (Å²) in [7, 11) is 3.21. The maximum Gasteiger partial charge on any atom is 0.162 e. The summed E-state index contributed by atoms with van der Waals surface area (Å²) in [5.41, 5.74) is 0. The van der Waals surface area contributed by atoms with Crippen LogP contribution >= 0.6 is 11.3 Å². The van der Waals surface area contributed by atoms with Gasteiger partial charge < -0.3 is 14.7 Å². The fraction of sp³-hybridized carbons (Fsp3) is 0.182. The van der Waals surface area contributed by atoms with Crippen LogP contribution in [0.3, 0.4) is 0 Å². The van der Waals surface area contributed by atoms with Gasteiger partial charge in [-0.3, -0.25) is 0 Å². The van der Waals surface area contributed by atoms with Gasteiger partial charge in [0.2, 0.25) is 0 Å². The van der Waals surface area contributed by atoms with Crippen molar-refractivity contribution in [3.63, 3.8) is 0 Å². The number of hydrogen-bond acceptors (Lipinski definition) is 5. The number of ether oxygens (including phenoxy) is 2. The number of thiophene rings is 1.